The zero-order chi connectivity index (χ0) is 26.8. The van der Waals surface area contributed by atoms with Crippen molar-refractivity contribution in [2.24, 2.45) is 0 Å². The smallest absolute Gasteiger partial charge is 0.333 e. The first kappa shape index (κ1) is 27.7. The van der Waals surface area contributed by atoms with E-state index in [9.17, 15) is 19.5 Å². The Bertz CT molecular complexity index is 1210. The lowest BCUT2D eigenvalue weighted by atomic mass is 10.0. The van der Waals surface area contributed by atoms with Crippen molar-refractivity contribution in [3.63, 3.8) is 0 Å². The summed E-state index contributed by atoms with van der Waals surface area (Å²) in [7, 11) is 0. The normalized spacial score (nSPS) is 11.7. The molecule has 12 heteroatoms. The number of hydrogen-bond acceptors (Lipinski definition) is 9. The van der Waals surface area contributed by atoms with E-state index >= 15 is 0 Å². The standard InChI is InChI=1S/C25H26ClN3O8/c1-2-4-23(31)36-15-35-22-12-21(37-28-22)24(32)27-29(14-20(30)25(33)34)13-16-7-9-17(10-8-16)18-5-3-6-19(26)11-18/h3,5-12,20,30H,2,4,13-15H2,1H3,(H,27,32)(H,33,34). The van der Waals surface area contributed by atoms with Crippen LogP contribution in [0.25, 0.3) is 11.1 Å². The predicted molar refractivity (Wildman–Crippen MR) is 131 cm³/mol. The molecule has 3 N–H and O–H groups in total. The zero-order valence-electron chi connectivity index (χ0n) is 19.9. The number of nitrogens with one attached hydrogen (secondary N) is 1. The fourth-order valence-corrected chi connectivity index (χ4v) is 3.38. The van der Waals surface area contributed by atoms with E-state index in [1.165, 1.54) is 11.1 Å². The van der Waals surface area contributed by atoms with Gasteiger partial charge in [-0.25, -0.2) is 9.80 Å². The molecule has 0 fully saturated rings. The van der Waals surface area contributed by atoms with Gasteiger partial charge in [-0.15, -0.1) is 0 Å². The zero-order valence-corrected chi connectivity index (χ0v) is 20.7. The summed E-state index contributed by atoms with van der Waals surface area (Å²) in [5, 5.41) is 24.4. The summed E-state index contributed by atoms with van der Waals surface area (Å²) in [6, 6.07) is 15.9. The first-order chi connectivity index (χ1) is 17.7. The van der Waals surface area contributed by atoms with Gasteiger partial charge < -0.3 is 24.2 Å². The summed E-state index contributed by atoms with van der Waals surface area (Å²) in [4.78, 5) is 35.2. The van der Waals surface area contributed by atoms with Crippen LogP contribution in [-0.4, -0.2) is 57.7 Å². The predicted octanol–water partition coefficient (Wildman–Crippen LogP) is 3.27. The van der Waals surface area contributed by atoms with Crippen molar-refractivity contribution in [2.45, 2.75) is 32.4 Å². The number of rotatable bonds is 13. The van der Waals surface area contributed by atoms with E-state index in [1.807, 2.05) is 49.4 Å². The lowest BCUT2D eigenvalue weighted by Crippen LogP contribution is -2.47. The molecule has 0 saturated heterocycles. The van der Waals surface area contributed by atoms with Crippen LogP contribution in [0.4, 0.5) is 0 Å². The SMILES string of the molecule is CCCC(=O)OCOc1cc(C(=O)NN(Cc2ccc(-c3cccc(Cl)c3)cc2)CC(O)C(=O)O)on1. The molecular formula is C25H26ClN3O8. The first-order valence-corrected chi connectivity index (χ1v) is 11.7. The summed E-state index contributed by atoms with van der Waals surface area (Å²) < 4.78 is 15.0. The van der Waals surface area contributed by atoms with Crippen LogP contribution < -0.4 is 10.2 Å². The number of benzene rings is 2. The fourth-order valence-electron chi connectivity index (χ4n) is 3.19. The van der Waals surface area contributed by atoms with Gasteiger partial charge in [-0.2, -0.15) is 0 Å². The number of nitrogens with zero attached hydrogens (tertiary/aromatic N) is 2. The van der Waals surface area contributed by atoms with E-state index in [0.717, 1.165) is 16.7 Å². The van der Waals surface area contributed by atoms with E-state index in [-0.39, 0.29) is 24.6 Å². The first-order valence-electron chi connectivity index (χ1n) is 11.3. The third kappa shape index (κ3) is 8.60. The van der Waals surface area contributed by atoms with Crippen molar-refractivity contribution >= 4 is 29.4 Å². The van der Waals surface area contributed by atoms with Gasteiger partial charge in [0.25, 0.3) is 5.88 Å². The number of ether oxygens (including phenoxy) is 2. The Morgan fingerprint density at radius 2 is 1.89 bits per heavy atom. The number of aromatic nitrogens is 1. The Morgan fingerprint density at radius 3 is 2.57 bits per heavy atom. The van der Waals surface area contributed by atoms with Gasteiger partial charge in [0.15, 0.2) is 6.10 Å². The maximum atomic E-state index is 12.7. The van der Waals surface area contributed by atoms with Crippen LogP contribution in [0.5, 0.6) is 5.88 Å². The lowest BCUT2D eigenvalue weighted by molar-refractivity contribution is -0.150. The third-order valence-electron chi connectivity index (χ3n) is 5.02. The van der Waals surface area contributed by atoms with Crippen molar-refractivity contribution in [1.29, 1.82) is 0 Å². The third-order valence-corrected chi connectivity index (χ3v) is 5.25. The Kier molecular flexibility index (Phi) is 10.0. The average molecular weight is 532 g/mol. The van der Waals surface area contributed by atoms with Crippen LogP contribution in [0, 0.1) is 0 Å². The van der Waals surface area contributed by atoms with Crippen molar-refractivity contribution in [3.05, 3.63) is 70.9 Å². The van der Waals surface area contributed by atoms with Crippen LogP contribution in [-0.2, 0) is 20.9 Å². The van der Waals surface area contributed by atoms with Crippen LogP contribution in [0.1, 0.15) is 35.9 Å². The number of carboxylic acid groups (broad SMARTS) is 1. The Hall–Kier alpha value is -3.93. The molecule has 2 aromatic carbocycles. The number of aliphatic hydroxyl groups is 1. The highest BCUT2D eigenvalue weighted by molar-refractivity contribution is 6.30. The molecule has 0 bridgehead atoms. The van der Waals surface area contributed by atoms with Gasteiger partial charge in [-0.1, -0.05) is 54.9 Å². The average Bonchev–Trinajstić information content (AvgIpc) is 3.33. The molecule has 0 aliphatic heterocycles. The molecule has 196 valence electrons. The molecule has 0 aliphatic rings. The van der Waals surface area contributed by atoms with Crippen molar-refractivity contribution in [1.82, 2.24) is 15.6 Å². The van der Waals surface area contributed by atoms with Gasteiger partial charge in [-0.3, -0.25) is 15.0 Å². The van der Waals surface area contributed by atoms with Crippen molar-refractivity contribution in [3.8, 4) is 17.0 Å². The van der Waals surface area contributed by atoms with Crippen molar-refractivity contribution in [2.75, 3.05) is 13.3 Å². The van der Waals surface area contributed by atoms with Crippen LogP contribution in [0.15, 0.2) is 59.1 Å². The number of hydrogen-bond donors (Lipinski definition) is 3. The molecule has 0 radical (unpaired) electrons. The maximum Gasteiger partial charge on any atom is 0.333 e. The summed E-state index contributed by atoms with van der Waals surface area (Å²) in [5.74, 6) is -2.94. The Morgan fingerprint density at radius 1 is 1.14 bits per heavy atom. The van der Waals surface area contributed by atoms with Crippen molar-refractivity contribution < 1.29 is 38.6 Å². The largest absolute Gasteiger partial charge is 0.479 e. The van der Waals surface area contributed by atoms with Gasteiger partial charge in [0, 0.05) is 18.0 Å². The van der Waals surface area contributed by atoms with E-state index < -0.39 is 37.3 Å². The number of amides is 1. The van der Waals surface area contributed by atoms with Crippen LogP contribution in [0.2, 0.25) is 5.02 Å². The van der Waals surface area contributed by atoms with Gasteiger partial charge in [-0.05, 0) is 40.4 Å². The fraction of sp³-hybridized carbons (Fsp3) is 0.280. The molecular weight excluding hydrogens is 506 g/mol. The number of carboxylic acids is 1. The minimum atomic E-state index is -1.75. The van der Waals surface area contributed by atoms with Crippen LogP contribution >= 0.6 is 11.6 Å². The molecule has 1 aromatic heterocycles. The van der Waals surface area contributed by atoms with Crippen LogP contribution in [0.3, 0.4) is 0 Å². The molecule has 11 nitrogen and oxygen atoms in total. The highest BCUT2D eigenvalue weighted by Gasteiger charge is 2.22. The van der Waals surface area contributed by atoms with Gasteiger partial charge >= 0.3 is 17.8 Å². The molecule has 1 heterocycles. The lowest BCUT2D eigenvalue weighted by Gasteiger charge is -2.24. The Labute approximate surface area is 217 Å². The number of aliphatic hydroxyl groups excluding tert-OH is 1. The summed E-state index contributed by atoms with van der Waals surface area (Å²) in [6.07, 6.45) is -0.874. The maximum absolute atomic E-state index is 12.7. The molecule has 1 unspecified atom stereocenters. The van der Waals surface area contributed by atoms with Gasteiger partial charge in [0.2, 0.25) is 12.6 Å². The number of esters is 1. The second kappa shape index (κ2) is 13.4. The number of carbonyl (C=O) groups is 3. The molecule has 3 rings (SSSR count). The molecule has 0 spiro atoms. The topological polar surface area (TPSA) is 151 Å². The summed E-state index contributed by atoms with van der Waals surface area (Å²) >= 11 is 6.06. The molecule has 37 heavy (non-hydrogen) atoms. The highest BCUT2D eigenvalue weighted by Crippen LogP contribution is 2.23. The summed E-state index contributed by atoms with van der Waals surface area (Å²) in [6.45, 7) is 1.12. The van der Waals surface area contributed by atoms with E-state index in [0.29, 0.717) is 11.4 Å². The van der Waals surface area contributed by atoms with Gasteiger partial charge in [0.05, 0.1) is 12.6 Å². The van der Waals surface area contributed by atoms with E-state index in [1.54, 1.807) is 6.07 Å². The molecule has 3 aromatic rings. The molecule has 0 aliphatic carbocycles. The molecule has 0 saturated carbocycles. The number of carbonyl (C=O) groups excluding carboxylic acids is 2. The minimum absolute atomic E-state index is 0.0801. The van der Waals surface area contributed by atoms with E-state index in [4.69, 9.17) is 30.7 Å². The minimum Gasteiger partial charge on any atom is -0.479 e. The quantitative estimate of drug-likeness (QED) is 0.170. The van der Waals surface area contributed by atoms with Gasteiger partial charge in [0.1, 0.15) is 0 Å². The highest BCUT2D eigenvalue weighted by atomic mass is 35.5. The second-order valence-corrected chi connectivity index (χ2v) is 8.38. The number of aliphatic carboxylic acids is 1. The Balaban J connectivity index is 1.64. The molecule has 1 atom stereocenters. The van der Waals surface area contributed by atoms with E-state index in [2.05, 4.69) is 10.6 Å². The summed E-state index contributed by atoms with van der Waals surface area (Å²) in [5.41, 5.74) is 5.08. The number of hydrazine groups is 1. The number of halogens is 1. The second-order valence-electron chi connectivity index (χ2n) is 7.94. The molecule has 1 amide bonds. The monoisotopic (exact) mass is 531 g/mol.